The second kappa shape index (κ2) is 4.59. The molecule has 18 heavy (non-hydrogen) atoms. The van der Waals surface area contributed by atoms with Gasteiger partial charge >= 0.3 is 5.97 Å². The molecule has 0 aliphatic heterocycles. The quantitative estimate of drug-likeness (QED) is 0.896. The van der Waals surface area contributed by atoms with Crippen LogP contribution in [0.1, 0.15) is 37.3 Å². The standard InChI is InChI=1S/C14H17FO3/c1-3-9-7-10(12(18-2)11(15)8-9)14(13(16)17)5-4-6-14/h7-8H,3-6H2,1-2H3,(H,16,17). The van der Waals surface area contributed by atoms with Gasteiger partial charge in [0.05, 0.1) is 12.5 Å². The van der Waals surface area contributed by atoms with Crippen molar-refractivity contribution in [3.05, 3.63) is 29.1 Å². The van der Waals surface area contributed by atoms with Gasteiger partial charge in [-0.05, 0) is 30.9 Å². The molecule has 0 saturated heterocycles. The predicted molar refractivity (Wildman–Crippen MR) is 65.5 cm³/mol. The molecule has 4 heteroatoms. The van der Waals surface area contributed by atoms with E-state index in [2.05, 4.69) is 0 Å². The molecule has 0 spiro atoms. The molecule has 1 aromatic carbocycles. The van der Waals surface area contributed by atoms with E-state index in [0.717, 1.165) is 12.0 Å². The Morgan fingerprint density at radius 1 is 1.50 bits per heavy atom. The summed E-state index contributed by atoms with van der Waals surface area (Å²) in [7, 11) is 1.38. The van der Waals surface area contributed by atoms with Crippen LogP contribution in [-0.4, -0.2) is 18.2 Å². The smallest absolute Gasteiger partial charge is 0.314 e. The van der Waals surface area contributed by atoms with Gasteiger partial charge in [-0.1, -0.05) is 19.4 Å². The molecule has 0 unspecified atom stereocenters. The summed E-state index contributed by atoms with van der Waals surface area (Å²) in [5.41, 5.74) is 0.327. The molecule has 0 amide bonds. The molecule has 0 aromatic heterocycles. The maximum atomic E-state index is 13.9. The highest BCUT2D eigenvalue weighted by Crippen LogP contribution is 2.48. The van der Waals surface area contributed by atoms with Gasteiger partial charge in [0.2, 0.25) is 0 Å². The molecule has 1 aromatic rings. The minimum absolute atomic E-state index is 0.0781. The number of carbonyl (C=O) groups is 1. The molecule has 2 rings (SSSR count). The number of methoxy groups -OCH3 is 1. The van der Waals surface area contributed by atoms with Crippen molar-refractivity contribution in [1.82, 2.24) is 0 Å². The van der Waals surface area contributed by atoms with Gasteiger partial charge in [0, 0.05) is 5.56 Å². The molecule has 1 aliphatic rings. The van der Waals surface area contributed by atoms with E-state index in [0.29, 0.717) is 24.8 Å². The summed E-state index contributed by atoms with van der Waals surface area (Å²) in [6.07, 6.45) is 2.62. The van der Waals surface area contributed by atoms with Crippen LogP contribution in [0.5, 0.6) is 5.75 Å². The molecule has 3 nitrogen and oxygen atoms in total. The Kier molecular flexibility index (Phi) is 3.28. The number of benzene rings is 1. The van der Waals surface area contributed by atoms with Crippen LogP contribution < -0.4 is 4.74 Å². The van der Waals surface area contributed by atoms with E-state index in [1.54, 1.807) is 6.07 Å². The van der Waals surface area contributed by atoms with Gasteiger partial charge in [0.25, 0.3) is 0 Å². The molecule has 98 valence electrons. The van der Waals surface area contributed by atoms with Gasteiger partial charge in [0.1, 0.15) is 0 Å². The van der Waals surface area contributed by atoms with Crippen molar-refractivity contribution in [2.45, 2.75) is 38.0 Å². The summed E-state index contributed by atoms with van der Waals surface area (Å²) in [5.74, 6) is -1.28. The second-order valence-corrected chi connectivity index (χ2v) is 4.75. The van der Waals surface area contributed by atoms with Crippen molar-refractivity contribution in [2.24, 2.45) is 0 Å². The van der Waals surface area contributed by atoms with Gasteiger partial charge in [0.15, 0.2) is 11.6 Å². The van der Waals surface area contributed by atoms with E-state index >= 15 is 0 Å². The molecule has 0 heterocycles. The highest BCUT2D eigenvalue weighted by molar-refractivity contribution is 5.83. The minimum atomic E-state index is -0.961. The van der Waals surface area contributed by atoms with E-state index < -0.39 is 17.2 Å². The Morgan fingerprint density at radius 2 is 2.17 bits per heavy atom. The Labute approximate surface area is 106 Å². The summed E-state index contributed by atoms with van der Waals surface area (Å²) in [6, 6.07) is 3.19. The van der Waals surface area contributed by atoms with Crippen molar-refractivity contribution in [3.8, 4) is 5.75 Å². The highest BCUT2D eigenvalue weighted by Gasteiger charge is 2.48. The number of aryl methyl sites for hydroxylation is 1. The van der Waals surface area contributed by atoms with Crippen LogP contribution in [-0.2, 0) is 16.6 Å². The molecule has 1 saturated carbocycles. The fourth-order valence-electron chi connectivity index (χ4n) is 2.55. The number of rotatable bonds is 4. The number of aliphatic carboxylic acids is 1. The van der Waals surface area contributed by atoms with Gasteiger partial charge in [-0.25, -0.2) is 4.39 Å². The molecule has 0 bridgehead atoms. The first-order valence-corrected chi connectivity index (χ1v) is 6.15. The van der Waals surface area contributed by atoms with Crippen molar-refractivity contribution >= 4 is 5.97 Å². The first-order chi connectivity index (χ1) is 8.55. The second-order valence-electron chi connectivity index (χ2n) is 4.75. The van der Waals surface area contributed by atoms with Crippen molar-refractivity contribution < 1.29 is 19.0 Å². The molecular weight excluding hydrogens is 235 g/mol. The lowest BCUT2D eigenvalue weighted by molar-refractivity contribution is -0.147. The number of hydrogen-bond acceptors (Lipinski definition) is 2. The molecule has 0 atom stereocenters. The van der Waals surface area contributed by atoms with E-state index in [4.69, 9.17) is 4.74 Å². The average Bonchev–Trinajstić information content (AvgIpc) is 2.26. The van der Waals surface area contributed by atoms with E-state index in [9.17, 15) is 14.3 Å². The summed E-state index contributed by atoms with van der Waals surface area (Å²) < 4.78 is 19.0. The minimum Gasteiger partial charge on any atom is -0.493 e. The molecule has 0 radical (unpaired) electrons. The SMILES string of the molecule is CCc1cc(F)c(OC)c(C2(C(=O)O)CCC2)c1. The number of hydrogen-bond donors (Lipinski definition) is 1. The van der Waals surface area contributed by atoms with Crippen LogP contribution >= 0.6 is 0 Å². The number of ether oxygens (including phenoxy) is 1. The zero-order valence-electron chi connectivity index (χ0n) is 10.6. The van der Waals surface area contributed by atoms with Gasteiger partial charge in [-0.15, -0.1) is 0 Å². The normalized spacial score (nSPS) is 17.1. The number of carboxylic acid groups (broad SMARTS) is 1. The van der Waals surface area contributed by atoms with E-state index in [1.165, 1.54) is 13.2 Å². The summed E-state index contributed by atoms with van der Waals surface area (Å²) in [4.78, 5) is 11.5. The number of halogens is 1. The Bertz CT molecular complexity index is 478. The van der Waals surface area contributed by atoms with Crippen molar-refractivity contribution in [3.63, 3.8) is 0 Å². The Balaban J connectivity index is 2.61. The zero-order valence-corrected chi connectivity index (χ0v) is 10.6. The lowest BCUT2D eigenvalue weighted by Crippen LogP contribution is -2.42. The molecule has 1 N–H and O–H groups in total. The topological polar surface area (TPSA) is 46.5 Å². The van der Waals surface area contributed by atoms with Crippen molar-refractivity contribution in [1.29, 1.82) is 0 Å². The Morgan fingerprint density at radius 3 is 2.56 bits per heavy atom. The Hall–Kier alpha value is -1.58. The van der Waals surface area contributed by atoms with E-state index in [-0.39, 0.29) is 5.75 Å². The van der Waals surface area contributed by atoms with Crippen LogP contribution in [0.3, 0.4) is 0 Å². The third-order valence-corrected chi connectivity index (χ3v) is 3.85. The van der Waals surface area contributed by atoms with Crippen LogP contribution in [0.4, 0.5) is 4.39 Å². The van der Waals surface area contributed by atoms with Gasteiger partial charge in [-0.2, -0.15) is 0 Å². The third-order valence-electron chi connectivity index (χ3n) is 3.85. The first kappa shape index (κ1) is 12.9. The average molecular weight is 252 g/mol. The maximum Gasteiger partial charge on any atom is 0.314 e. The highest BCUT2D eigenvalue weighted by atomic mass is 19.1. The summed E-state index contributed by atoms with van der Waals surface area (Å²) >= 11 is 0. The van der Waals surface area contributed by atoms with Crippen LogP contribution in [0.15, 0.2) is 12.1 Å². The molecule has 1 fully saturated rings. The van der Waals surface area contributed by atoms with Gasteiger partial charge in [-0.3, -0.25) is 4.79 Å². The number of carboxylic acids is 1. The summed E-state index contributed by atoms with van der Waals surface area (Å²) in [5, 5.41) is 9.43. The van der Waals surface area contributed by atoms with Crippen LogP contribution in [0, 0.1) is 5.82 Å². The molecular formula is C14H17FO3. The lowest BCUT2D eigenvalue weighted by atomic mass is 9.64. The third kappa shape index (κ3) is 1.76. The van der Waals surface area contributed by atoms with Gasteiger partial charge < -0.3 is 9.84 Å². The van der Waals surface area contributed by atoms with Crippen molar-refractivity contribution in [2.75, 3.05) is 7.11 Å². The fourth-order valence-corrected chi connectivity index (χ4v) is 2.55. The summed E-state index contributed by atoms with van der Waals surface area (Å²) in [6.45, 7) is 1.92. The van der Waals surface area contributed by atoms with Crippen LogP contribution in [0.2, 0.25) is 0 Å². The van der Waals surface area contributed by atoms with E-state index in [1.807, 2.05) is 6.92 Å². The first-order valence-electron chi connectivity index (χ1n) is 6.15. The predicted octanol–water partition coefficient (Wildman–Crippen LogP) is 2.90. The maximum absolute atomic E-state index is 13.9. The monoisotopic (exact) mass is 252 g/mol. The zero-order chi connectivity index (χ0) is 13.3. The fraction of sp³-hybridized carbons (Fsp3) is 0.500. The largest absolute Gasteiger partial charge is 0.493 e. The van der Waals surface area contributed by atoms with Crippen LogP contribution in [0.25, 0.3) is 0 Å². The molecule has 1 aliphatic carbocycles. The lowest BCUT2D eigenvalue weighted by Gasteiger charge is -2.39.